The van der Waals surface area contributed by atoms with Gasteiger partial charge in [0.15, 0.2) is 5.75 Å². The van der Waals surface area contributed by atoms with E-state index in [1.807, 2.05) is 63.2 Å². The van der Waals surface area contributed by atoms with E-state index in [1.54, 1.807) is 12.1 Å². The zero-order valence-corrected chi connectivity index (χ0v) is 29.3. The summed E-state index contributed by atoms with van der Waals surface area (Å²) >= 11 is 0. The summed E-state index contributed by atoms with van der Waals surface area (Å²) in [6.45, 7) is 13.0. The molecule has 2 aliphatic heterocycles. The van der Waals surface area contributed by atoms with Crippen molar-refractivity contribution in [1.82, 2.24) is 15.9 Å². The van der Waals surface area contributed by atoms with Gasteiger partial charge < -0.3 is 20.4 Å². The molecular formula is C35H45N7O4S. The monoisotopic (exact) mass is 659 g/mol. The molecule has 0 saturated carbocycles. The van der Waals surface area contributed by atoms with Crippen LogP contribution in [0.5, 0.6) is 5.75 Å². The van der Waals surface area contributed by atoms with Gasteiger partial charge in [0, 0.05) is 24.2 Å². The Morgan fingerprint density at radius 1 is 1.00 bits per heavy atom. The Kier molecular flexibility index (Phi) is 9.04. The molecule has 0 saturated heterocycles. The van der Waals surface area contributed by atoms with Gasteiger partial charge in [-0.05, 0) is 67.1 Å². The average molecular weight is 660 g/mol. The third kappa shape index (κ3) is 7.08. The molecule has 2 heterocycles. The van der Waals surface area contributed by atoms with Crippen LogP contribution in [0.25, 0.3) is 0 Å². The summed E-state index contributed by atoms with van der Waals surface area (Å²) in [5.41, 5.74) is 11.7. The number of hydrogen-bond acceptors (Lipinski definition) is 9. The third-order valence-corrected chi connectivity index (χ3v) is 9.24. The molecule has 4 N–H and O–H groups in total. The van der Waals surface area contributed by atoms with E-state index >= 15 is 0 Å². The van der Waals surface area contributed by atoms with Crippen LogP contribution in [0, 0.1) is 6.92 Å². The number of carbonyl (C=O) groups excluding carboxylic acids is 1. The molecule has 11 nitrogen and oxygen atoms in total. The number of benzene rings is 3. The van der Waals surface area contributed by atoms with Crippen molar-refractivity contribution in [2.75, 3.05) is 42.0 Å². The number of hydrazine groups is 2. The number of rotatable bonds is 9. The maximum Gasteiger partial charge on any atom is 0.255 e. The highest BCUT2D eigenvalue weighted by molar-refractivity contribution is 7.92. The van der Waals surface area contributed by atoms with Gasteiger partial charge in [-0.15, -0.1) is 5.53 Å². The summed E-state index contributed by atoms with van der Waals surface area (Å²) < 4.78 is 32.4. The first-order chi connectivity index (χ1) is 22.0. The van der Waals surface area contributed by atoms with Crippen LogP contribution < -0.4 is 30.7 Å². The smallest absolute Gasteiger partial charge is 0.255 e. The van der Waals surface area contributed by atoms with Gasteiger partial charge in [0.2, 0.25) is 10.0 Å². The minimum absolute atomic E-state index is 0.00886. The zero-order chi connectivity index (χ0) is 34.3. The first-order valence-electron chi connectivity index (χ1n) is 15.5. The van der Waals surface area contributed by atoms with Crippen LogP contribution in [0.4, 0.5) is 17.1 Å². The van der Waals surface area contributed by atoms with E-state index in [0.29, 0.717) is 17.8 Å². The number of hydrogen-bond donors (Lipinski definition) is 4. The Hall–Kier alpha value is -4.55. The van der Waals surface area contributed by atoms with Crippen molar-refractivity contribution in [2.45, 2.75) is 58.4 Å². The van der Waals surface area contributed by atoms with Gasteiger partial charge in [-0.25, -0.2) is 8.42 Å². The zero-order valence-electron chi connectivity index (χ0n) is 28.5. The fraction of sp³-hybridized carbons (Fsp3) is 0.371. The van der Waals surface area contributed by atoms with E-state index in [9.17, 15) is 13.2 Å². The molecule has 0 spiro atoms. The molecule has 12 heteroatoms. The SMILES string of the molecule is COc1c(NC(=O)c2ccc(C)c(N3C=C(C4CN=C(C(C)(C)c5ccccc5)N4C)NN3)c2)cc(C(C)(C)C)cc1NS(C)(=O)=O. The highest BCUT2D eigenvalue weighted by Crippen LogP contribution is 2.39. The molecular weight excluding hydrogens is 614 g/mol. The molecule has 47 heavy (non-hydrogen) atoms. The number of carbonyl (C=O) groups is 1. The quantitative estimate of drug-likeness (QED) is 0.244. The number of anilines is 3. The number of amides is 1. The average Bonchev–Trinajstić information content (AvgIpc) is 3.63. The highest BCUT2D eigenvalue weighted by atomic mass is 32.2. The fourth-order valence-electron chi connectivity index (χ4n) is 5.97. The molecule has 250 valence electrons. The Bertz CT molecular complexity index is 1850. The van der Waals surface area contributed by atoms with Gasteiger partial charge in [0.25, 0.3) is 5.91 Å². The van der Waals surface area contributed by atoms with E-state index in [0.717, 1.165) is 34.6 Å². The molecule has 1 amide bonds. The lowest BCUT2D eigenvalue weighted by Gasteiger charge is -2.33. The largest absolute Gasteiger partial charge is 0.492 e. The lowest BCUT2D eigenvalue weighted by molar-refractivity contribution is 0.102. The summed E-state index contributed by atoms with van der Waals surface area (Å²) in [6, 6.07) is 19.4. The number of likely N-dealkylation sites (N-methyl/N-ethyl adjacent to an activating group) is 1. The Morgan fingerprint density at radius 2 is 1.68 bits per heavy atom. The molecule has 0 aromatic heterocycles. The maximum atomic E-state index is 13.7. The van der Waals surface area contributed by atoms with Crippen molar-refractivity contribution >= 4 is 38.8 Å². The molecule has 3 aromatic carbocycles. The third-order valence-electron chi connectivity index (χ3n) is 8.65. The van der Waals surface area contributed by atoms with Crippen LogP contribution >= 0.6 is 0 Å². The van der Waals surface area contributed by atoms with Crippen LogP contribution in [-0.4, -0.2) is 58.1 Å². The van der Waals surface area contributed by atoms with Gasteiger partial charge in [-0.1, -0.05) is 57.2 Å². The molecule has 0 aliphatic carbocycles. The number of ether oxygens (including phenoxy) is 1. The van der Waals surface area contributed by atoms with Gasteiger partial charge in [-0.2, -0.15) is 0 Å². The number of sulfonamides is 1. The molecule has 0 fully saturated rings. The van der Waals surface area contributed by atoms with E-state index in [-0.39, 0.29) is 34.2 Å². The van der Waals surface area contributed by atoms with Gasteiger partial charge in [0.1, 0.15) is 5.84 Å². The molecule has 1 atom stereocenters. The second kappa shape index (κ2) is 12.6. The minimum Gasteiger partial charge on any atom is -0.492 e. The summed E-state index contributed by atoms with van der Waals surface area (Å²) in [4.78, 5) is 20.9. The Balaban J connectivity index is 1.38. The van der Waals surface area contributed by atoms with E-state index in [4.69, 9.17) is 9.73 Å². The molecule has 0 radical (unpaired) electrons. The van der Waals surface area contributed by atoms with Gasteiger partial charge in [0.05, 0.1) is 48.7 Å². The van der Waals surface area contributed by atoms with Crippen LogP contribution in [0.15, 0.2) is 77.6 Å². The summed E-state index contributed by atoms with van der Waals surface area (Å²) in [6.07, 6.45) is 3.07. The Labute approximate surface area is 278 Å². The second-order valence-corrected chi connectivity index (χ2v) is 15.4. The van der Waals surface area contributed by atoms with Crippen LogP contribution in [-0.2, 0) is 20.9 Å². The summed E-state index contributed by atoms with van der Waals surface area (Å²) in [7, 11) is -0.0938. The topological polar surface area (TPSA) is 127 Å². The van der Waals surface area contributed by atoms with Gasteiger partial charge in [-0.3, -0.25) is 19.5 Å². The second-order valence-electron chi connectivity index (χ2n) is 13.7. The molecule has 5 rings (SSSR count). The van der Waals surface area contributed by atoms with E-state index in [1.165, 1.54) is 12.7 Å². The standard InChI is InChI=1S/C35H45N7O4S/c1-22-15-16-23(32(43)37-26-18-25(34(2,3)4)19-27(31(26)46-8)39-47(9,44)45)17-29(22)42-21-28(38-40-42)30-20-36-33(41(30)7)35(5,6)24-13-11-10-12-14-24/h10-19,21,30,38-40H,20H2,1-9H3,(H,37,43). The summed E-state index contributed by atoms with van der Waals surface area (Å²) in [5, 5.41) is 4.82. The number of nitrogens with one attached hydrogen (secondary N) is 4. The fourth-order valence-corrected chi connectivity index (χ4v) is 6.52. The highest BCUT2D eigenvalue weighted by Gasteiger charge is 2.39. The molecule has 2 aliphatic rings. The minimum atomic E-state index is -3.60. The molecule has 1 unspecified atom stereocenters. The number of aryl methyl sites for hydroxylation is 1. The number of amidine groups is 1. The number of aliphatic imine (C=N–C) groups is 1. The predicted octanol–water partition coefficient (Wildman–Crippen LogP) is 5.29. The maximum absolute atomic E-state index is 13.7. The predicted molar refractivity (Wildman–Crippen MR) is 189 cm³/mol. The van der Waals surface area contributed by atoms with E-state index < -0.39 is 10.0 Å². The Morgan fingerprint density at radius 3 is 2.32 bits per heavy atom. The number of methoxy groups -OCH3 is 1. The molecule has 0 bridgehead atoms. The molecule has 3 aromatic rings. The lowest BCUT2D eigenvalue weighted by atomic mass is 9.83. The van der Waals surface area contributed by atoms with Crippen molar-refractivity contribution in [1.29, 1.82) is 0 Å². The van der Waals surface area contributed by atoms with Crippen LogP contribution in [0.1, 0.15) is 61.7 Å². The first-order valence-corrected chi connectivity index (χ1v) is 17.4. The van der Waals surface area contributed by atoms with Crippen LogP contribution in [0.3, 0.4) is 0 Å². The van der Waals surface area contributed by atoms with Crippen molar-refractivity contribution in [3.05, 3.63) is 94.8 Å². The van der Waals surface area contributed by atoms with Crippen molar-refractivity contribution in [2.24, 2.45) is 4.99 Å². The van der Waals surface area contributed by atoms with Crippen molar-refractivity contribution in [3.8, 4) is 5.75 Å². The van der Waals surface area contributed by atoms with E-state index in [2.05, 4.69) is 71.1 Å². The van der Waals surface area contributed by atoms with Crippen LogP contribution in [0.2, 0.25) is 0 Å². The van der Waals surface area contributed by atoms with Gasteiger partial charge >= 0.3 is 0 Å². The lowest BCUT2D eigenvalue weighted by Crippen LogP contribution is -2.46. The normalized spacial score (nSPS) is 16.8. The number of nitrogens with zero attached hydrogens (tertiary/aromatic N) is 3. The summed E-state index contributed by atoms with van der Waals surface area (Å²) in [5.74, 6) is 0.874. The van der Waals surface area contributed by atoms with Crippen molar-refractivity contribution < 1.29 is 17.9 Å². The first kappa shape index (κ1) is 33.8. The van der Waals surface area contributed by atoms with Crippen molar-refractivity contribution in [3.63, 3.8) is 0 Å².